The van der Waals surface area contributed by atoms with E-state index in [0.717, 1.165) is 24.1 Å². The molecule has 0 spiro atoms. The molecular weight excluding hydrogens is 321 g/mol. The molecule has 1 aromatic heterocycles. The lowest BCUT2D eigenvalue weighted by molar-refractivity contribution is 0.591. The Morgan fingerprint density at radius 1 is 1.40 bits per heavy atom. The summed E-state index contributed by atoms with van der Waals surface area (Å²) < 4.78 is 13.8. The smallest absolute Gasteiger partial charge is 0.137 e. The fourth-order valence-corrected chi connectivity index (χ4v) is 2.44. The number of hydrogen-bond acceptors (Lipinski definition) is 3. The van der Waals surface area contributed by atoms with E-state index in [0.29, 0.717) is 10.2 Å². The summed E-state index contributed by atoms with van der Waals surface area (Å²) in [5, 5.41) is 3.43. The first-order valence-corrected chi connectivity index (χ1v) is 7.30. The fraction of sp³-hybridized carbons (Fsp3) is 0.267. The van der Waals surface area contributed by atoms with Crippen molar-refractivity contribution in [1.29, 1.82) is 0 Å². The minimum atomic E-state index is -0.276. The van der Waals surface area contributed by atoms with Crippen LogP contribution in [0.5, 0.6) is 0 Å². The molecule has 0 aliphatic heterocycles. The van der Waals surface area contributed by atoms with Crippen LogP contribution in [-0.2, 0) is 0 Å². The molecule has 20 heavy (non-hydrogen) atoms. The van der Waals surface area contributed by atoms with Crippen LogP contribution in [0.15, 0.2) is 41.1 Å². The number of benzene rings is 1. The van der Waals surface area contributed by atoms with Crippen LogP contribution >= 0.6 is 15.9 Å². The third-order valence-electron chi connectivity index (χ3n) is 3.07. The minimum absolute atomic E-state index is 0.0967. The van der Waals surface area contributed by atoms with Gasteiger partial charge >= 0.3 is 0 Å². The highest BCUT2D eigenvalue weighted by Crippen LogP contribution is 2.28. The maximum absolute atomic E-state index is 13.4. The van der Waals surface area contributed by atoms with Crippen molar-refractivity contribution in [3.8, 4) is 0 Å². The largest absolute Gasteiger partial charge is 0.398 e. The van der Waals surface area contributed by atoms with Crippen molar-refractivity contribution in [2.45, 2.75) is 19.4 Å². The van der Waals surface area contributed by atoms with E-state index >= 15 is 0 Å². The first-order chi connectivity index (χ1) is 9.63. The third-order valence-corrected chi connectivity index (χ3v) is 3.68. The van der Waals surface area contributed by atoms with Gasteiger partial charge in [0.05, 0.1) is 10.5 Å². The molecule has 0 aliphatic carbocycles. The van der Waals surface area contributed by atoms with Crippen LogP contribution in [0.1, 0.15) is 30.5 Å². The molecule has 3 nitrogen and oxygen atoms in total. The van der Waals surface area contributed by atoms with Crippen molar-refractivity contribution in [1.82, 2.24) is 10.3 Å². The van der Waals surface area contributed by atoms with Gasteiger partial charge in [-0.15, -0.1) is 0 Å². The van der Waals surface area contributed by atoms with Crippen LogP contribution in [-0.4, -0.2) is 11.5 Å². The van der Waals surface area contributed by atoms with E-state index in [1.165, 1.54) is 6.07 Å². The van der Waals surface area contributed by atoms with E-state index in [-0.39, 0.29) is 11.9 Å². The average Bonchev–Trinajstić information content (AvgIpc) is 2.44. The Kier molecular flexibility index (Phi) is 5.09. The number of nitrogen functional groups attached to an aromatic ring is 1. The molecule has 0 fully saturated rings. The van der Waals surface area contributed by atoms with Crippen LogP contribution in [0.2, 0.25) is 0 Å². The molecule has 0 saturated carbocycles. The second-order valence-electron chi connectivity index (χ2n) is 4.57. The Hall–Kier alpha value is -1.46. The van der Waals surface area contributed by atoms with Gasteiger partial charge in [0.2, 0.25) is 0 Å². The highest BCUT2D eigenvalue weighted by atomic mass is 79.9. The van der Waals surface area contributed by atoms with Crippen molar-refractivity contribution >= 4 is 21.6 Å². The van der Waals surface area contributed by atoms with E-state index in [4.69, 9.17) is 5.73 Å². The maximum Gasteiger partial charge on any atom is 0.137 e. The summed E-state index contributed by atoms with van der Waals surface area (Å²) in [6.45, 7) is 2.94. The zero-order valence-electron chi connectivity index (χ0n) is 11.2. The van der Waals surface area contributed by atoms with Crippen molar-refractivity contribution in [3.63, 3.8) is 0 Å². The molecule has 1 atom stereocenters. The predicted octanol–water partition coefficient (Wildman–Crippen LogP) is 3.65. The first kappa shape index (κ1) is 14.9. The Bertz CT molecular complexity index is 589. The molecule has 1 aromatic carbocycles. The van der Waals surface area contributed by atoms with Crippen LogP contribution < -0.4 is 11.1 Å². The molecule has 1 heterocycles. The van der Waals surface area contributed by atoms with E-state index < -0.39 is 0 Å². The quantitative estimate of drug-likeness (QED) is 0.875. The second kappa shape index (κ2) is 6.81. The summed E-state index contributed by atoms with van der Waals surface area (Å²) in [4.78, 5) is 4.13. The highest BCUT2D eigenvalue weighted by Gasteiger charge is 2.17. The van der Waals surface area contributed by atoms with Crippen LogP contribution in [0.3, 0.4) is 0 Å². The van der Waals surface area contributed by atoms with E-state index in [9.17, 15) is 4.39 Å². The predicted molar refractivity (Wildman–Crippen MR) is 82.9 cm³/mol. The SMILES string of the molecule is CCCNC(c1ccc(F)c(Br)c1)c1cnccc1N. The van der Waals surface area contributed by atoms with Gasteiger partial charge in [-0.1, -0.05) is 13.0 Å². The molecule has 0 amide bonds. The zero-order valence-corrected chi connectivity index (χ0v) is 12.8. The summed E-state index contributed by atoms with van der Waals surface area (Å²) in [5.74, 6) is -0.276. The molecule has 0 aliphatic rings. The number of nitrogens with one attached hydrogen (secondary N) is 1. The van der Waals surface area contributed by atoms with E-state index in [1.54, 1.807) is 30.6 Å². The summed E-state index contributed by atoms with van der Waals surface area (Å²) in [6, 6.07) is 6.66. The lowest BCUT2D eigenvalue weighted by Gasteiger charge is -2.21. The number of pyridine rings is 1. The van der Waals surface area contributed by atoms with Crippen molar-refractivity contribution in [2.24, 2.45) is 0 Å². The lowest BCUT2D eigenvalue weighted by Crippen LogP contribution is -2.24. The molecule has 2 rings (SSSR count). The van der Waals surface area contributed by atoms with Crippen molar-refractivity contribution in [2.75, 3.05) is 12.3 Å². The third kappa shape index (κ3) is 3.35. The molecule has 106 valence electrons. The van der Waals surface area contributed by atoms with Gasteiger partial charge in [0.15, 0.2) is 0 Å². The molecular formula is C15H17BrFN3. The maximum atomic E-state index is 13.4. The fourth-order valence-electron chi connectivity index (χ4n) is 2.05. The number of anilines is 1. The molecule has 0 bridgehead atoms. The summed E-state index contributed by atoms with van der Waals surface area (Å²) >= 11 is 3.22. The molecule has 5 heteroatoms. The zero-order chi connectivity index (χ0) is 14.5. The van der Waals surface area contributed by atoms with E-state index in [2.05, 4.69) is 33.2 Å². The molecule has 2 aromatic rings. The van der Waals surface area contributed by atoms with E-state index in [1.807, 2.05) is 0 Å². The minimum Gasteiger partial charge on any atom is -0.398 e. The van der Waals surface area contributed by atoms with Crippen LogP contribution in [0, 0.1) is 5.82 Å². The van der Waals surface area contributed by atoms with Gasteiger partial charge in [0.1, 0.15) is 5.82 Å². The Balaban J connectivity index is 2.41. The topological polar surface area (TPSA) is 50.9 Å². The molecule has 0 radical (unpaired) electrons. The number of nitrogens with zero attached hydrogens (tertiary/aromatic N) is 1. The Morgan fingerprint density at radius 3 is 2.85 bits per heavy atom. The van der Waals surface area contributed by atoms with Gasteiger partial charge in [0, 0.05) is 23.6 Å². The van der Waals surface area contributed by atoms with Crippen molar-refractivity contribution < 1.29 is 4.39 Å². The van der Waals surface area contributed by atoms with Gasteiger partial charge in [-0.3, -0.25) is 4.98 Å². The van der Waals surface area contributed by atoms with Crippen molar-refractivity contribution in [3.05, 3.63) is 58.1 Å². The van der Waals surface area contributed by atoms with Gasteiger partial charge in [-0.05, 0) is 52.7 Å². The Labute approximate surface area is 126 Å². The monoisotopic (exact) mass is 337 g/mol. The van der Waals surface area contributed by atoms with Crippen LogP contribution in [0.25, 0.3) is 0 Å². The number of halogens is 2. The highest BCUT2D eigenvalue weighted by molar-refractivity contribution is 9.10. The normalized spacial score (nSPS) is 12.3. The average molecular weight is 338 g/mol. The van der Waals surface area contributed by atoms with Gasteiger partial charge in [-0.25, -0.2) is 4.39 Å². The second-order valence-corrected chi connectivity index (χ2v) is 5.42. The van der Waals surface area contributed by atoms with Gasteiger partial charge < -0.3 is 11.1 Å². The number of hydrogen-bond donors (Lipinski definition) is 2. The molecule has 0 saturated heterocycles. The molecule has 3 N–H and O–H groups in total. The first-order valence-electron chi connectivity index (χ1n) is 6.51. The summed E-state index contributed by atoms with van der Waals surface area (Å²) in [7, 11) is 0. The summed E-state index contributed by atoms with van der Waals surface area (Å²) in [6.07, 6.45) is 4.41. The standard InChI is InChI=1S/C15H17BrFN3/c1-2-6-20-15(11-9-19-7-5-14(11)18)10-3-4-13(17)12(16)8-10/h3-5,7-9,15,20H,2,6H2,1H3,(H2,18,19). The molecule has 1 unspecified atom stereocenters. The van der Waals surface area contributed by atoms with Crippen LogP contribution in [0.4, 0.5) is 10.1 Å². The number of nitrogens with two attached hydrogens (primary N) is 1. The Morgan fingerprint density at radius 2 is 2.20 bits per heavy atom. The van der Waals surface area contributed by atoms with Gasteiger partial charge in [0.25, 0.3) is 0 Å². The number of rotatable bonds is 5. The van der Waals surface area contributed by atoms with Gasteiger partial charge in [-0.2, -0.15) is 0 Å². The lowest BCUT2D eigenvalue weighted by atomic mass is 9.98. The number of aromatic nitrogens is 1. The summed E-state index contributed by atoms with van der Waals surface area (Å²) in [5.41, 5.74) is 8.56.